The Morgan fingerprint density at radius 3 is 2.58 bits per heavy atom. The first-order valence-corrected chi connectivity index (χ1v) is 12.4. The van der Waals surface area contributed by atoms with Gasteiger partial charge in [0.25, 0.3) is 0 Å². The third kappa shape index (κ3) is 5.32. The molecule has 0 saturated carbocycles. The largest absolute Gasteiger partial charge is 0.493 e. The second-order valence-corrected chi connectivity index (χ2v) is 9.08. The Morgan fingerprint density at radius 1 is 1.07 bits per heavy atom. The van der Waals surface area contributed by atoms with Gasteiger partial charge in [0.15, 0.2) is 17.3 Å². The van der Waals surface area contributed by atoms with Gasteiger partial charge in [0, 0.05) is 36.0 Å². The number of ketones is 1. The Morgan fingerprint density at radius 2 is 1.85 bits per heavy atom. The van der Waals surface area contributed by atoms with Crippen molar-refractivity contribution in [1.29, 1.82) is 0 Å². The summed E-state index contributed by atoms with van der Waals surface area (Å²) in [4.78, 5) is 21.6. The zero-order chi connectivity index (χ0) is 28.2. The number of hydrogen-bond acceptors (Lipinski definition) is 9. The average Bonchev–Trinajstić information content (AvgIpc) is 2.97. The molecule has 1 atom stereocenters. The van der Waals surface area contributed by atoms with Crippen molar-refractivity contribution in [3.8, 4) is 11.5 Å². The molecular weight excluding hydrogens is 511 g/mol. The van der Waals surface area contributed by atoms with E-state index in [0.29, 0.717) is 29.0 Å². The molecule has 0 radical (unpaired) electrons. The maximum absolute atomic E-state index is 13.7. The molecule has 9 nitrogen and oxygen atoms in total. The van der Waals surface area contributed by atoms with E-state index < -0.39 is 0 Å². The zero-order valence-electron chi connectivity index (χ0n) is 21.9. The number of hydrogen-bond donors (Lipinski definition) is 2. The first-order valence-electron chi connectivity index (χ1n) is 12.4. The topological polar surface area (TPSA) is 129 Å². The van der Waals surface area contributed by atoms with Gasteiger partial charge in [-0.1, -0.05) is 36.4 Å². The van der Waals surface area contributed by atoms with Gasteiger partial charge in [-0.25, -0.2) is 9.37 Å². The van der Waals surface area contributed by atoms with E-state index in [-0.39, 0.29) is 29.4 Å². The number of nitrogens with zero attached hydrogens (tertiary/aromatic N) is 4. The van der Waals surface area contributed by atoms with Crippen LogP contribution < -0.4 is 20.9 Å². The number of nitrogens with two attached hydrogens (primary N) is 2. The van der Waals surface area contributed by atoms with Crippen LogP contribution in [0, 0.1) is 5.82 Å². The van der Waals surface area contributed by atoms with E-state index in [2.05, 4.69) is 15.1 Å². The van der Waals surface area contributed by atoms with E-state index >= 15 is 0 Å². The monoisotopic (exact) mass is 538 g/mol. The van der Waals surface area contributed by atoms with Crippen LogP contribution in [0.4, 0.5) is 16.2 Å². The number of anilines is 2. The standard InChI is InChI=1S/C30H27FN6O3/c1-39-26-15-18(13-21-16-34-30(33)36-29(21)32)14-24(28(26)40-2)25(38)11-12-37-27(19-7-9-22(31)10-8-19)23-6-4-3-5-20(23)17-35-37/h3-12,14-17,27H,13H2,1-2H3,(H4,32,33,34,36)/b12-11+. The third-order valence-electron chi connectivity index (χ3n) is 6.57. The van der Waals surface area contributed by atoms with Crippen molar-refractivity contribution in [1.82, 2.24) is 15.0 Å². The number of carbonyl (C=O) groups is 1. The minimum Gasteiger partial charge on any atom is -0.493 e. The van der Waals surface area contributed by atoms with Crippen LogP contribution in [0.15, 0.2) is 84.2 Å². The highest BCUT2D eigenvalue weighted by molar-refractivity contribution is 6.07. The van der Waals surface area contributed by atoms with Crippen molar-refractivity contribution < 1.29 is 18.7 Å². The maximum atomic E-state index is 13.7. The SMILES string of the molecule is COc1cc(Cc2cnc(N)nc2N)cc(C(=O)/C=C/N2N=Cc3ccccc3C2c2ccc(F)cc2)c1OC. The number of benzene rings is 3. The molecule has 1 aliphatic heterocycles. The summed E-state index contributed by atoms with van der Waals surface area (Å²) in [7, 11) is 2.97. The lowest BCUT2D eigenvalue weighted by Gasteiger charge is -2.31. The molecule has 1 aromatic heterocycles. The van der Waals surface area contributed by atoms with E-state index in [9.17, 15) is 9.18 Å². The van der Waals surface area contributed by atoms with E-state index in [1.807, 2.05) is 24.3 Å². The summed E-state index contributed by atoms with van der Waals surface area (Å²) in [5.74, 6) is 0.361. The van der Waals surface area contributed by atoms with E-state index in [1.165, 1.54) is 32.4 Å². The van der Waals surface area contributed by atoms with Gasteiger partial charge in [0.2, 0.25) is 5.95 Å². The molecule has 3 aromatic carbocycles. The van der Waals surface area contributed by atoms with Crippen LogP contribution >= 0.6 is 0 Å². The normalized spacial score (nSPS) is 14.3. The fraction of sp³-hybridized carbons (Fsp3) is 0.133. The lowest BCUT2D eigenvalue weighted by atomic mass is 9.93. The molecule has 1 unspecified atom stereocenters. The fourth-order valence-electron chi connectivity index (χ4n) is 4.65. The Hall–Kier alpha value is -5.25. The summed E-state index contributed by atoms with van der Waals surface area (Å²) in [6.07, 6.45) is 6.65. The van der Waals surface area contributed by atoms with Crippen LogP contribution in [-0.2, 0) is 6.42 Å². The van der Waals surface area contributed by atoms with Gasteiger partial charge in [-0.15, -0.1) is 0 Å². The minimum atomic E-state index is -0.359. The van der Waals surface area contributed by atoms with Crippen molar-refractivity contribution in [3.05, 3.63) is 118 Å². The summed E-state index contributed by atoms with van der Waals surface area (Å²) in [6.45, 7) is 0. The van der Waals surface area contributed by atoms with Gasteiger partial charge >= 0.3 is 0 Å². The highest BCUT2D eigenvalue weighted by Gasteiger charge is 2.26. The van der Waals surface area contributed by atoms with Gasteiger partial charge in [-0.3, -0.25) is 9.80 Å². The second kappa shape index (κ2) is 11.2. The number of hydrazone groups is 1. The summed E-state index contributed by atoms with van der Waals surface area (Å²) in [6, 6.07) is 17.2. The average molecular weight is 539 g/mol. The highest BCUT2D eigenvalue weighted by atomic mass is 19.1. The number of nitrogen functional groups attached to an aromatic ring is 2. The van der Waals surface area contributed by atoms with Crippen molar-refractivity contribution in [2.24, 2.45) is 5.10 Å². The lowest BCUT2D eigenvalue weighted by Crippen LogP contribution is -2.25. The molecule has 4 N–H and O–H groups in total. The van der Waals surface area contributed by atoms with Crippen LogP contribution in [0.1, 0.15) is 44.2 Å². The van der Waals surface area contributed by atoms with Gasteiger partial charge in [-0.05, 0) is 41.0 Å². The maximum Gasteiger partial charge on any atom is 0.221 e. The molecule has 0 fully saturated rings. The van der Waals surface area contributed by atoms with Gasteiger partial charge < -0.3 is 20.9 Å². The van der Waals surface area contributed by atoms with E-state index in [4.69, 9.17) is 20.9 Å². The van der Waals surface area contributed by atoms with Crippen molar-refractivity contribution >= 4 is 23.8 Å². The number of carbonyl (C=O) groups excluding carboxylic acids is 1. The molecule has 1 aliphatic rings. The van der Waals surface area contributed by atoms with Gasteiger partial charge in [-0.2, -0.15) is 10.1 Å². The molecule has 0 spiro atoms. The van der Waals surface area contributed by atoms with Crippen molar-refractivity contribution in [3.63, 3.8) is 0 Å². The van der Waals surface area contributed by atoms with Crippen LogP contribution in [0.5, 0.6) is 11.5 Å². The number of rotatable bonds is 8. The number of ether oxygens (including phenoxy) is 2. The van der Waals surface area contributed by atoms with Crippen LogP contribution in [0.3, 0.4) is 0 Å². The zero-order valence-corrected chi connectivity index (χ0v) is 21.9. The molecule has 0 aliphatic carbocycles. The number of aromatic nitrogens is 2. The quantitative estimate of drug-likeness (QED) is 0.247. The van der Waals surface area contributed by atoms with Gasteiger partial charge in [0.1, 0.15) is 17.7 Å². The highest BCUT2D eigenvalue weighted by Crippen LogP contribution is 2.36. The number of fused-ring (bicyclic) bond motifs is 1. The van der Waals surface area contributed by atoms with E-state index in [1.54, 1.807) is 47.9 Å². The molecule has 5 rings (SSSR count). The summed E-state index contributed by atoms with van der Waals surface area (Å²) in [5, 5.41) is 6.24. The number of allylic oxidation sites excluding steroid dienone is 1. The van der Waals surface area contributed by atoms with Crippen LogP contribution in [0.25, 0.3) is 0 Å². The molecule has 10 heteroatoms. The predicted octanol–water partition coefficient (Wildman–Crippen LogP) is 4.52. The molecule has 202 valence electrons. The Balaban J connectivity index is 1.49. The minimum absolute atomic E-state index is 0.0801. The molecule has 4 aromatic rings. The van der Waals surface area contributed by atoms with Gasteiger partial charge in [0.05, 0.1) is 26.0 Å². The smallest absolute Gasteiger partial charge is 0.221 e. The summed E-state index contributed by atoms with van der Waals surface area (Å²) < 4.78 is 24.8. The number of methoxy groups -OCH3 is 2. The lowest BCUT2D eigenvalue weighted by molar-refractivity contribution is 0.104. The summed E-state index contributed by atoms with van der Waals surface area (Å²) in [5.41, 5.74) is 16.1. The molecule has 0 saturated heterocycles. The second-order valence-electron chi connectivity index (χ2n) is 9.08. The third-order valence-corrected chi connectivity index (χ3v) is 6.57. The molecule has 0 amide bonds. The molecule has 2 heterocycles. The summed E-state index contributed by atoms with van der Waals surface area (Å²) >= 11 is 0. The van der Waals surface area contributed by atoms with Crippen LogP contribution in [-0.4, -0.2) is 41.2 Å². The molecular formula is C30H27FN6O3. The number of halogens is 1. The Bertz CT molecular complexity index is 1620. The first-order chi connectivity index (χ1) is 19.4. The Kier molecular flexibility index (Phi) is 7.41. The predicted molar refractivity (Wildman–Crippen MR) is 151 cm³/mol. The van der Waals surface area contributed by atoms with E-state index in [0.717, 1.165) is 22.3 Å². The molecule has 0 bridgehead atoms. The fourth-order valence-corrected chi connectivity index (χ4v) is 4.65. The first kappa shape index (κ1) is 26.4. The van der Waals surface area contributed by atoms with Crippen molar-refractivity contribution in [2.45, 2.75) is 12.5 Å². The van der Waals surface area contributed by atoms with Crippen LogP contribution in [0.2, 0.25) is 0 Å². The van der Waals surface area contributed by atoms with Crippen molar-refractivity contribution in [2.75, 3.05) is 25.7 Å². The molecule has 40 heavy (non-hydrogen) atoms. The Labute approximate surface area is 230 Å².